The van der Waals surface area contributed by atoms with Crippen LogP contribution in [0.4, 0.5) is 4.39 Å². The zero-order valence-corrected chi connectivity index (χ0v) is 17.8. The summed E-state index contributed by atoms with van der Waals surface area (Å²) in [5.41, 5.74) is 1.67. The summed E-state index contributed by atoms with van der Waals surface area (Å²) >= 11 is 0. The van der Waals surface area contributed by atoms with Gasteiger partial charge >= 0.3 is 5.97 Å². The van der Waals surface area contributed by atoms with Gasteiger partial charge in [-0.3, -0.25) is 0 Å². The highest BCUT2D eigenvalue weighted by Gasteiger charge is 2.16. The molecule has 8 heteroatoms. The fourth-order valence-electron chi connectivity index (χ4n) is 3.22. The van der Waals surface area contributed by atoms with Crippen LogP contribution in [0.3, 0.4) is 0 Å². The number of halogens is 1. The van der Waals surface area contributed by atoms with Gasteiger partial charge in [0, 0.05) is 11.6 Å². The molecule has 0 spiro atoms. The van der Waals surface area contributed by atoms with Gasteiger partial charge in [-0.15, -0.1) is 0 Å². The highest BCUT2D eigenvalue weighted by molar-refractivity contribution is 6.04. The lowest BCUT2D eigenvalue weighted by Gasteiger charge is -2.10. The minimum atomic E-state index is -1.05. The van der Waals surface area contributed by atoms with Gasteiger partial charge in [0.25, 0.3) is 0 Å². The SMILES string of the molecule is CCCON=C(COc1cc(C(=O)O)c2ccccc2c1)c1cc(-c2ccc(F)cc2)no1. The number of oxime groups is 1. The van der Waals surface area contributed by atoms with E-state index >= 15 is 0 Å². The molecule has 0 bridgehead atoms. The minimum absolute atomic E-state index is 0.0425. The monoisotopic (exact) mass is 448 g/mol. The molecule has 0 saturated heterocycles. The molecule has 7 nitrogen and oxygen atoms in total. The van der Waals surface area contributed by atoms with Crippen molar-refractivity contribution in [1.29, 1.82) is 0 Å². The number of fused-ring (bicyclic) bond motifs is 1. The maximum atomic E-state index is 13.2. The molecule has 4 rings (SSSR count). The number of carbonyl (C=O) groups is 1. The van der Waals surface area contributed by atoms with Gasteiger partial charge in [0.15, 0.2) is 11.5 Å². The first-order valence-corrected chi connectivity index (χ1v) is 10.4. The Morgan fingerprint density at radius 1 is 1.12 bits per heavy atom. The smallest absolute Gasteiger partial charge is 0.336 e. The van der Waals surface area contributed by atoms with Crippen molar-refractivity contribution in [2.24, 2.45) is 5.16 Å². The molecule has 1 N–H and O–H groups in total. The van der Waals surface area contributed by atoms with Crippen LogP contribution >= 0.6 is 0 Å². The van der Waals surface area contributed by atoms with Crippen LogP contribution < -0.4 is 4.74 Å². The quantitative estimate of drug-likeness (QED) is 0.205. The van der Waals surface area contributed by atoms with E-state index in [4.69, 9.17) is 14.1 Å². The Morgan fingerprint density at radius 2 is 1.91 bits per heavy atom. The van der Waals surface area contributed by atoms with Crippen molar-refractivity contribution in [1.82, 2.24) is 5.16 Å². The number of benzene rings is 3. The number of aromatic carboxylic acids is 1. The number of hydrogen-bond donors (Lipinski definition) is 1. The third-order valence-corrected chi connectivity index (χ3v) is 4.85. The summed E-state index contributed by atoms with van der Waals surface area (Å²) in [6.07, 6.45) is 0.765. The van der Waals surface area contributed by atoms with E-state index in [0.29, 0.717) is 40.5 Å². The number of carboxylic acid groups (broad SMARTS) is 1. The van der Waals surface area contributed by atoms with Crippen molar-refractivity contribution in [3.05, 3.63) is 83.9 Å². The zero-order chi connectivity index (χ0) is 23.2. The van der Waals surface area contributed by atoms with E-state index in [-0.39, 0.29) is 18.0 Å². The number of aromatic nitrogens is 1. The van der Waals surface area contributed by atoms with Crippen molar-refractivity contribution < 1.29 is 28.4 Å². The van der Waals surface area contributed by atoms with Gasteiger partial charge in [-0.1, -0.05) is 41.5 Å². The minimum Gasteiger partial charge on any atom is -0.487 e. The fourth-order valence-corrected chi connectivity index (χ4v) is 3.22. The Bertz CT molecular complexity index is 1300. The van der Waals surface area contributed by atoms with Crippen LogP contribution in [0.2, 0.25) is 0 Å². The van der Waals surface area contributed by atoms with E-state index in [1.54, 1.807) is 36.4 Å². The fraction of sp³-hybridized carbons (Fsp3) is 0.160. The average Bonchev–Trinajstić information content (AvgIpc) is 3.31. The van der Waals surface area contributed by atoms with Crippen molar-refractivity contribution >= 4 is 22.5 Å². The second-order valence-electron chi connectivity index (χ2n) is 7.24. The van der Waals surface area contributed by atoms with Gasteiger partial charge in [-0.05, 0) is 53.6 Å². The summed E-state index contributed by atoms with van der Waals surface area (Å²) < 4.78 is 24.5. The second-order valence-corrected chi connectivity index (χ2v) is 7.24. The Kier molecular flexibility index (Phi) is 6.64. The van der Waals surface area contributed by atoms with Crippen LogP contribution in [0.1, 0.15) is 29.5 Å². The van der Waals surface area contributed by atoms with E-state index in [1.165, 1.54) is 18.2 Å². The first-order valence-electron chi connectivity index (χ1n) is 10.4. The molecule has 168 valence electrons. The van der Waals surface area contributed by atoms with Crippen molar-refractivity contribution in [2.45, 2.75) is 13.3 Å². The lowest BCUT2D eigenvalue weighted by Crippen LogP contribution is -2.14. The Hall–Kier alpha value is -4.20. The summed E-state index contributed by atoms with van der Waals surface area (Å²) in [5, 5.41) is 19.1. The third-order valence-electron chi connectivity index (χ3n) is 4.85. The molecule has 0 atom stereocenters. The second kappa shape index (κ2) is 9.95. The molecule has 3 aromatic carbocycles. The normalized spacial score (nSPS) is 11.5. The molecular weight excluding hydrogens is 427 g/mol. The highest BCUT2D eigenvalue weighted by Crippen LogP contribution is 2.26. The van der Waals surface area contributed by atoms with Gasteiger partial charge in [0.2, 0.25) is 0 Å². The maximum Gasteiger partial charge on any atom is 0.336 e. The molecule has 1 heterocycles. The van der Waals surface area contributed by atoms with E-state index in [0.717, 1.165) is 11.8 Å². The van der Waals surface area contributed by atoms with Crippen LogP contribution in [-0.2, 0) is 4.84 Å². The van der Waals surface area contributed by atoms with E-state index in [2.05, 4.69) is 10.3 Å². The highest BCUT2D eigenvalue weighted by atomic mass is 19.1. The largest absolute Gasteiger partial charge is 0.487 e. The number of rotatable bonds is 9. The maximum absolute atomic E-state index is 13.2. The molecule has 0 unspecified atom stereocenters. The van der Waals surface area contributed by atoms with Crippen LogP contribution in [0.25, 0.3) is 22.0 Å². The van der Waals surface area contributed by atoms with Gasteiger partial charge in [0.05, 0.1) is 5.56 Å². The molecule has 4 aromatic rings. The molecule has 0 radical (unpaired) electrons. The van der Waals surface area contributed by atoms with Crippen LogP contribution in [-0.4, -0.2) is 35.2 Å². The zero-order valence-electron chi connectivity index (χ0n) is 17.8. The summed E-state index contributed by atoms with van der Waals surface area (Å²) in [6.45, 7) is 2.32. The number of hydrogen-bond acceptors (Lipinski definition) is 6. The van der Waals surface area contributed by atoms with E-state index in [1.807, 2.05) is 19.1 Å². The van der Waals surface area contributed by atoms with Gasteiger partial charge in [-0.25, -0.2) is 9.18 Å². The molecule has 0 aliphatic heterocycles. The Labute approximate surface area is 189 Å². The van der Waals surface area contributed by atoms with E-state index < -0.39 is 5.97 Å². The number of nitrogens with zero attached hydrogens (tertiary/aromatic N) is 2. The Morgan fingerprint density at radius 3 is 2.67 bits per heavy atom. The number of carboxylic acids is 1. The molecule has 0 amide bonds. The Balaban J connectivity index is 1.60. The first-order chi connectivity index (χ1) is 16.0. The summed E-state index contributed by atoms with van der Waals surface area (Å²) in [7, 11) is 0. The topological polar surface area (TPSA) is 94.2 Å². The van der Waals surface area contributed by atoms with Crippen LogP contribution in [0, 0.1) is 5.82 Å². The lowest BCUT2D eigenvalue weighted by molar-refractivity contribution is 0.0698. The summed E-state index contributed by atoms with van der Waals surface area (Å²) in [5.74, 6) is -0.699. The van der Waals surface area contributed by atoms with E-state index in [9.17, 15) is 14.3 Å². The first kappa shape index (κ1) is 22.0. The standard InChI is InChI=1S/C25H21FN2O5/c1-2-11-32-27-23(24-14-22(28-33-24)16-7-9-18(26)10-8-16)15-31-19-12-17-5-3-4-6-20(17)21(13-19)25(29)30/h3-10,12-14H,2,11,15H2,1H3,(H,29,30). The summed E-state index contributed by atoms with van der Waals surface area (Å²) in [4.78, 5) is 17.0. The average molecular weight is 448 g/mol. The molecule has 1 aromatic heterocycles. The predicted molar refractivity (Wildman–Crippen MR) is 121 cm³/mol. The lowest BCUT2D eigenvalue weighted by atomic mass is 10.0. The van der Waals surface area contributed by atoms with Crippen molar-refractivity contribution in [3.8, 4) is 17.0 Å². The summed E-state index contributed by atoms with van der Waals surface area (Å²) in [6, 6.07) is 17.9. The predicted octanol–water partition coefficient (Wildman–Crippen LogP) is 5.54. The molecule has 0 aliphatic rings. The van der Waals surface area contributed by atoms with Gasteiger partial charge in [-0.2, -0.15) is 0 Å². The van der Waals surface area contributed by atoms with Crippen molar-refractivity contribution in [2.75, 3.05) is 13.2 Å². The van der Waals surface area contributed by atoms with Crippen molar-refractivity contribution in [3.63, 3.8) is 0 Å². The molecule has 0 saturated carbocycles. The van der Waals surface area contributed by atoms with Gasteiger partial charge < -0.3 is 19.2 Å². The molecule has 0 fully saturated rings. The molecule has 0 aliphatic carbocycles. The van der Waals surface area contributed by atoms with Crippen LogP contribution in [0.5, 0.6) is 5.75 Å². The third kappa shape index (κ3) is 5.17. The molecular formula is C25H21FN2O5. The van der Waals surface area contributed by atoms with Crippen LogP contribution in [0.15, 0.2) is 76.4 Å². The number of ether oxygens (including phenoxy) is 1. The van der Waals surface area contributed by atoms with Gasteiger partial charge in [0.1, 0.15) is 30.5 Å². The molecule has 33 heavy (non-hydrogen) atoms.